The average molecular weight is 263 g/mol. The van der Waals surface area contributed by atoms with Gasteiger partial charge in [-0.2, -0.15) is 0 Å². The molecule has 0 bridgehead atoms. The molecule has 0 aliphatic carbocycles. The molecule has 2 nitrogen and oxygen atoms in total. The van der Waals surface area contributed by atoms with Crippen LogP contribution in [0.4, 0.5) is 5.69 Å². The molecule has 1 heterocycles. The van der Waals surface area contributed by atoms with E-state index in [9.17, 15) is 0 Å². The van der Waals surface area contributed by atoms with Crippen LogP contribution in [-0.4, -0.2) is 18.1 Å². The van der Waals surface area contributed by atoms with Crippen LogP contribution in [0.2, 0.25) is 0 Å². The third-order valence-corrected chi connectivity index (χ3v) is 2.87. The number of rotatable bonds is 5. The first-order valence-electron chi connectivity index (χ1n) is 6.10. The highest BCUT2D eigenvalue weighted by molar-refractivity contribution is 5.85. The largest absolute Gasteiger partial charge is 0.371 e. The Hall–Kier alpha value is -1.54. The lowest BCUT2D eigenvalue weighted by molar-refractivity contribution is 0.795. The van der Waals surface area contributed by atoms with Gasteiger partial charge in [-0.05, 0) is 31.2 Å². The third kappa shape index (κ3) is 4.04. The summed E-state index contributed by atoms with van der Waals surface area (Å²) in [6.07, 6.45) is 2.84. The van der Waals surface area contributed by atoms with Gasteiger partial charge in [0.05, 0.1) is 0 Å². The number of para-hydroxylation sites is 1. The normalized spacial score (nSPS) is 9.61. The zero-order valence-electron chi connectivity index (χ0n) is 10.6. The standard InChI is InChI=1S/C15H18N2.ClH/c1-2-17(15-9-4-3-5-10-15)13-11-14-8-6-7-12-16-14;/h3-10,12H,2,11,13H2,1H3;1H. The predicted octanol–water partition coefficient (Wildman–Crippen LogP) is 3.57. The Balaban J connectivity index is 0.00000162. The van der Waals surface area contributed by atoms with Crippen molar-refractivity contribution in [3.63, 3.8) is 0 Å². The molecule has 18 heavy (non-hydrogen) atoms. The molecule has 0 saturated heterocycles. The van der Waals surface area contributed by atoms with Gasteiger partial charge in [-0.25, -0.2) is 0 Å². The van der Waals surface area contributed by atoms with Crippen LogP contribution < -0.4 is 4.90 Å². The molecule has 96 valence electrons. The number of hydrogen-bond acceptors (Lipinski definition) is 2. The first kappa shape index (κ1) is 14.5. The molecule has 0 unspecified atom stereocenters. The number of aromatic nitrogens is 1. The topological polar surface area (TPSA) is 16.1 Å². The van der Waals surface area contributed by atoms with Gasteiger partial charge in [0.2, 0.25) is 0 Å². The maximum absolute atomic E-state index is 4.35. The third-order valence-electron chi connectivity index (χ3n) is 2.87. The van der Waals surface area contributed by atoms with E-state index in [4.69, 9.17) is 0 Å². The van der Waals surface area contributed by atoms with Gasteiger partial charge in [-0.3, -0.25) is 4.98 Å². The molecule has 1 aromatic carbocycles. The van der Waals surface area contributed by atoms with Crippen molar-refractivity contribution in [3.8, 4) is 0 Å². The number of pyridine rings is 1. The minimum absolute atomic E-state index is 0. The fourth-order valence-corrected chi connectivity index (χ4v) is 1.90. The fourth-order valence-electron chi connectivity index (χ4n) is 1.90. The molecule has 2 rings (SSSR count). The highest BCUT2D eigenvalue weighted by atomic mass is 35.5. The summed E-state index contributed by atoms with van der Waals surface area (Å²) in [6, 6.07) is 16.6. The molecule has 0 aliphatic rings. The monoisotopic (exact) mass is 262 g/mol. The highest BCUT2D eigenvalue weighted by Gasteiger charge is 2.03. The second-order valence-corrected chi connectivity index (χ2v) is 3.99. The molecular formula is C15H19ClN2. The van der Waals surface area contributed by atoms with Crippen molar-refractivity contribution in [1.29, 1.82) is 0 Å². The molecular weight excluding hydrogens is 244 g/mol. The molecule has 0 fully saturated rings. The van der Waals surface area contributed by atoms with Gasteiger partial charge in [0, 0.05) is 37.1 Å². The first-order valence-corrected chi connectivity index (χ1v) is 6.10. The molecule has 2 aromatic rings. The molecule has 0 atom stereocenters. The SMILES string of the molecule is CCN(CCc1ccccn1)c1ccccc1.Cl. The van der Waals surface area contributed by atoms with Crippen LogP contribution in [0.25, 0.3) is 0 Å². The lowest BCUT2D eigenvalue weighted by Gasteiger charge is -2.22. The van der Waals surface area contributed by atoms with Crippen molar-refractivity contribution in [2.45, 2.75) is 13.3 Å². The summed E-state index contributed by atoms with van der Waals surface area (Å²) in [5.74, 6) is 0. The van der Waals surface area contributed by atoms with Crippen LogP contribution in [0.5, 0.6) is 0 Å². The minimum Gasteiger partial charge on any atom is -0.371 e. The van der Waals surface area contributed by atoms with Crippen molar-refractivity contribution in [2.75, 3.05) is 18.0 Å². The Kier molecular flexibility index (Phi) is 6.23. The van der Waals surface area contributed by atoms with Crippen molar-refractivity contribution in [1.82, 2.24) is 4.98 Å². The highest BCUT2D eigenvalue weighted by Crippen LogP contribution is 2.13. The number of anilines is 1. The molecule has 0 radical (unpaired) electrons. The van der Waals surface area contributed by atoms with E-state index in [0.29, 0.717) is 0 Å². The number of hydrogen-bond donors (Lipinski definition) is 0. The van der Waals surface area contributed by atoms with Gasteiger partial charge in [0.15, 0.2) is 0 Å². The zero-order valence-corrected chi connectivity index (χ0v) is 11.4. The van der Waals surface area contributed by atoms with E-state index in [1.165, 1.54) is 5.69 Å². The van der Waals surface area contributed by atoms with Crippen molar-refractivity contribution in [2.24, 2.45) is 0 Å². The molecule has 0 spiro atoms. The number of likely N-dealkylation sites (N-methyl/N-ethyl adjacent to an activating group) is 1. The smallest absolute Gasteiger partial charge is 0.0421 e. The fraction of sp³-hybridized carbons (Fsp3) is 0.267. The van der Waals surface area contributed by atoms with E-state index in [-0.39, 0.29) is 12.4 Å². The van der Waals surface area contributed by atoms with Crippen LogP contribution in [0.1, 0.15) is 12.6 Å². The van der Waals surface area contributed by atoms with Crippen molar-refractivity contribution in [3.05, 3.63) is 60.4 Å². The Labute approximate surface area is 115 Å². The van der Waals surface area contributed by atoms with Crippen LogP contribution in [0.3, 0.4) is 0 Å². The quantitative estimate of drug-likeness (QED) is 0.819. The molecule has 0 N–H and O–H groups in total. The lowest BCUT2D eigenvalue weighted by Crippen LogP contribution is -2.25. The predicted molar refractivity (Wildman–Crippen MR) is 79.5 cm³/mol. The van der Waals surface area contributed by atoms with Gasteiger partial charge in [-0.1, -0.05) is 24.3 Å². The van der Waals surface area contributed by atoms with E-state index in [1.807, 2.05) is 18.3 Å². The Bertz CT molecular complexity index is 431. The van der Waals surface area contributed by atoms with Crippen LogP contribution in [0.15, 0.2) is 54.7 Å². The molecule has 0 amide bonds. The van der Waals surface area contributed by atoms with E-state index >= 15 is 0 Å². The maximum atomic E-state index is 4.35. The number of benzene rings is 1. The summed E-state index contributed by atoms with van der Waals surface area (Å²) < 4.78 is 0. The summed E-state index contributed by atoms with van der Waals surface area (Å²) in [6.45, 7) is 4.22. The number of halogens is 1. The van der Waals surface area contributed by atoms with Gasteiger partial charge >= 0.3 is 0 Å². The molecule has 1 aromatic heterocycles. The second-order valence-electron chi connectivity index (χ2n) is 3.99. The van der Waals surface area contributed by atoms with Gasteiger partial charge in [0.1, 0.15) is 0 Å². The second kappa shape index (κ2) is 7.72. The van der Waals surface area contributed by atoms with Crippen molar-refractivity contribution < 1.29 is 0 Å². The van der Waals surface area contributed by atoms with E-state index < -0.39 is 0 Å². The summed E-state index contributed by atoms with van der Waals surface area (Å²) in [7, 11) is 0. The Morgan fingerprint density at radius 2 is 1.72 bits per heavy atom. The molecule has 0 saturated carbocycles. The van der Waals surface area contributed by atoms with E-state index in [2.05, 4.69) is 53.2 Å². The molecule has 3 heteroatoms. The van der Waals surface area contributed by atoms with Gasteiger partial charge < -0.3 is 4.90 Å². The Morgan fingerprint density at radius 3 is 2.33 bits per heavy atom. The summed E-state index contributed by atoms with van der Waals surface area (Å²) >= 11 is 0. The minimum atomic E-state index is 0. The zero-order chi connectivity index (χ0) is 11.9. The summed E-state index contributed by atoms with van der Waals surface area (Å²) in [5.41, 5.74) is 2.44. The Morgan fingerprint density at radius 1 is 1.00 bits per heavy atom. The summed E-state index contributed by atoms with van der Waals surface area (Å²) in [5, 5.41) is 0. The van der Waals surface area contributed by atoms with Gasteiger partial charge in [0.25, 0.3) is 0 Å². The summed E-state index contributed by atoms with van der Waals surface area (Å²) in [4.78, 5) is 6.72. The van der Waals surface area contributed by atoms with Crippen molar-refractivity contribution >= 4 is 18.1 Å². The molecule has 0 aliphatic heterocycles. The van der Waals surface area contributed by atoms with E-state index in [0.717, 1.165) is 25.2 Å². The van der Waals surface area contributed by atoms with Crippen LogP contribution >= 0.6 is 12.4 Å². The van der Waals surface area contributed by atoms with Crippen LogP contribution in [-0.2, 0) is 6.42 Å². The van der Waals surface area contributed by atoms with E-state index in [1.54, 1.807) is 0 Å². The van der Waals surface area contributed by atoms with Gasteiger partial charge in [-0.15, -0.1) is 12.4 Å². The van der Waals surface area contributed by atoms with Crippen LogP contribution in [0, 0.1) is 0 Å². The average Bonchev–Trinajstić information content (AvgIpc) is 2.42. The lowest BCUT2D eigenvalue weighted by atomic mass is 10.2. The number of nitrogens with zero attached hydrogens (tertiary/aromatic N) is 2. The maximum Gasteiger partial charge on any atom is 0.0421 e. The first-order chi connectivity index (χ1) is 8.40.